The van der Waals surface area contributed by atoms with Gasteiger partial charge in [0, 0.05) is 0 Å². The van der Waals surface area contributed by atoms with E-state index in [4.69, 9.17) is 0 Å². The maximum atomic E-state index is 12.9. The average Bonchev–Trinajstić information content (AvgIpc) is 2.93. The van der Waals surface area contributed by atoms with E-state index in [1.54, 1.807) is 0 Å². The Morgan fingerprint density at radius 2 is 1.58 bits per heavy atom. The number of aliphatic hydroxyl groups excluding tert-OH is 1. The molecule has 0 fully saturated rings. The summed E-state index contributed by atoms with van der Waals surface area (Å²) in [6.45, 7) is 17.3. The van der Waals surface area contributed by atoms with Gasteiger partial charge in [-0.2, -0.15) is 0 Å². The van der Waals surface area contributed by atoms with Gasteiger partial charge in [0.2, 0.25) is 0 Å². The minimum absolute atomic E-state index is 0.102. The van der Waals surface area contributed by atoms with Gasteiger partial charge in [-0.25, -0.2) is 0 Å². The number of allylic oxidation sites excluding steroid dienone is 12. The molecule has 4 heteroatoms. The molecular formula is C32H44O4. The number of carbonyl (C=O) groups excluding carboxylic acids is 2. The van der Waals surface area contributed by atoms with E-state index in [-0.39, 0.29) is 22.4 Å². The first-order valence-corrected chi connectivity index (χ1v) is 13.1. The van der Waals surface area contributed by atoms with Crippen LogP contribution in [0.15, 0.2) is 71.4 Å². The van der Waals surface area contributed by atoms with E-state index in [0.717, 1.165) is 18.4 Å². The predicted molar refractivity (Wildman–Crippen MR) is 146 cm³/mol. The van der Waals surface area contributed by atoms with Crippen LogP contribution in [-0.2, 0) is 9.59 Å². The molecule has 196 valence electrons. The minimum atomic E-state index is -1.41. The molecule has 0 aromatic heterocycles. The lowest BCUT2D eigenvalue weighted by atomic mass is 9.66. The normalized spacial score (nSPS) is 33.2. The number of ketones is 2. The summed E-state index contributed by atoms with van der Waals surface area (Å²) < 4.78 is 0. The number of rotatable bonds is 7. The zero-order valence-corrected chi connectivity index (χ0v) is 23.5. The van der Waals surface area contributed by atoms with Crippen LogP contribution in [-0.4, -0.2) is 33.5 Å². The second-order valence-corrected chi connectivity index (χ2v) is 13.1. The molecule has 0 heterocycles. The summed E-state index contributed by atoms with van der Waals surface area (Å²) in [7, 11) is 0. The Kier molecular flexibility index (Phi) is 7.24. The van der Waals surface area contributed by atoms with Crippen LogP contribution >= 0.6 is 0 Å². The van der Waals surface area contributed by atoms with Crippen molar-refractivity contribution < 1.29 is 19.8 Å². The summed E-state index contributed by atoms with van der Waals surface area (Å²) in [5.41, 5.74) is 0.253. The van der Waals surface area contributed by atoms with Crippen molar-refractivity contribution in [2.24, 2.45) is 27.6 Å². The molecule has 5 unspecified atom stereocenters. The fraction of sp³-hybridized carbons (Fsp3) is 0.562. The van der Waals surface area contributed by atoms with E-state index in [9.17, 15) is 19.8 Å². The summed E-state index contributed by atoms with van der Waals surface area (Å²) in [5.74, 6) is -0.0708. The molecule has 0 spiro atoms. The van der Waals surface area contributed by atoms with Gasteiger partial charge in [0.25, 0.3) is 0 Å². The highest BCUT2D eigenvalue weighted by Gasteiger charge is 2.45. The lowest BCUT2D eigenvalue weighted by Gasteiger charge is -2.38. The molecule has 0 aliphatic heterocycles. The topological polar surface area (TPSA) is 74.6 Å². The molecule has 0 aromatic carbocycles. The average molecular weight is 493 g/mol. The van der Waals surface area contributed by atoms with E-state index in [1.165, 1.54) is 31.9 Å². The number of aliphatic hydroxyl groups is 2. The Morgan fingerprint density at radius 3 is 2.17 bits per heavy atom. The summed E-state index contributed by atoms with van der Waals surface area (Å²) in [6, 6.07) is 0. The van der Waals surface area contributed by atoms with Crippen LogP contribution in [0.1, 0.15) is 75.2 Å². The molecule has 0 saturated heterocycles. The molecule has 3 aliphatic rings. The molecule has 0 bridgehead atoms. The second kappa shape index (κ2) is 9.22. The molecule has 4 nitrogen and oxygen atoms in total. The summed E-state index contributed by atoms with van der Waals surface area (Å²) in [4.78, 5) is 25.6. The van der Waals surface area contributed by atoms with Crippen LogP contribution in [0, 0.1) is 27.6 Å². The van der Waals surface area contributed by atoms with Gasteiger partial charge in [-0.05, 0) is 80.9 Å². The molecule has 5 atom stereocenters. The number of hydrogen-bond acceptors (Lipinski definition) is 4. The van der Waals surface area contributed by atoms with Crippen molar-refractivity contribution in [3.63, 3.8) is 0 Å². The monoisotopic (exact) mass is 492 g/mol. The van der Waals surface area contributed by atoms with Gasteiger partial charge in [0.05, 0.1) is 10.8 Å². The first-order valence-electron chi connectivity index (χ1n) is 13.1. The molecule has 3 rings (SSSR count). The van der Waals surface area contributed by atoms with Crippen molar-refractivity contribution in [2.75, 3.05) is 0 Å². The highest BCUT2D eigenvalue weighted by Crippen LogP contribution is 2.55. The Morgan fingerprint density at radius 1 is 1.00 bits per heavy atom. The van der Waals surface area contributed by atoms with Crippen LogP contribution in [0.3, 0.4) is 0 Å². The van der Waals surface area contributed by atoms with Gasteiger partial charge in [-0.1, -0.05) is 82.4 Å². The lowest BCUT2D eigenvalue weighted by molar-refractivity contribution is -0.139. The highest BCUT2D eigenvalue weighted by molar-refractivity contribution is 5.95. The van der Waals surface area contributed by atoms with Gasteiger partial charge in [0.1, 0.15) is 11.7 Å². The molecule has 0 radical (unpaired) electrons. The molecular weight excluding hydrogens is 448 g/mol. The molecule has 0 amide bonds. The fourth-order valence-electron chi connectivity index (χ4n) is 6.48. The largest absolute Gasteiger partial charge is 0.386 e. The van der Waals surface area contributed by atoms with Gasteiger partial charge >= 0.3 is 0 Å². The van der Waals surface area contributed by atoms with Crippen LogP contribution in [0.4, 0.5) is 0 Å². The van der Waals surface area contributed by atoms with Gasteiger partial charge in [-0.15, -0.1) is 0 Å². The number of carbonyl (C=O) groups is 2. The molecule has 36 heavy (non-hydrogen) atoms. The van der Waals surface area contributed by atoms with Gasteiger partial charge in [0.15, 0.2) is 11.6 Å². The zero-order valence-electron chi connectivity index (χ0n) is 23.5. The molecule has 0 aromatic rings. The molecule has 0 saturated carbocycles. The highest BCUT2D eigenvalue weighted by atomic mass is 16.3. The Labute approximate surface area is 217 Å². The first kappa shape index (κ1) is 28.3. The molecule has 2 N–H and O–H groups in total. The summed E-state index contributed by atoms with van der Waals surface area (Å²) >= 11 is 0. The lowest BCUT2D eigenvalue weighted by Crippen LogP contribution is -2.41. The standard InChI is InChI=1S/C32H44O4/c1-21-19-32(9,25-14-18-30(7,17-13-24(21)25)26(34)22(2)33)20-28(3,4)23-11-10-15-31(8,16-12-23)27(35)29(5,6)36/h10-18,21-22,33,36H,19-20H2,1-9H3. The van der Waals surface area contributed by atoms with Crippen molar-refractivity contribution in [1.29, 1.82) is 0 Å². The van der Waals surface area contributed by atoms with Gasteiger partial charge < -0.3 is 10.2 Å². The van der Waals surface area contributed by atoms with E-state index < -0.39 is 22.5 Å². The third-order valence-electron chi connectivity index (χ3n) is 8.35. The SMILES string of the molecule is CC(O)C(=O)C1(C)C=CC2=C(C=C1)C(C)(CC(C)(C)C1=CC=CC(C)(C(=O)C(C)(C)O)C=C1)CC2C. The van der Waals surface area contributed by atoms with Gasteiger partial charge in [-0.3, -0.25) is 9.59 Å². The van der Waals surface area contributed by atoms with Crippen LogP contribution in [0.2, 0.25) is 0 Å². The number of hydrogen-bond donors (Lipinski definition) is 2. The van der Waals surface area contributed by atoms with Crippen molar-refractivity contribution in [1.82, 2.24) is 0 Å². The van der Waals surface area contributed by atoms with E-state index in [2.05, 4.69) is 45.9 Å². The van der Waals surface area contributed by atoms with Crippen LogP contribution in [0.5, 0.6) is 0 Å². The first-order chi connectivity index (χ1) is 16.3. The maximum absolute atomic E-state index is 12.9. The maximum Gasteiger partial charge on any atom is 0.177 e. The second-order valence-electron chi connectivity index (χ2n) is 13.1. The van der Waals surface area contributed by atoms with E-state index in [0.29, 0.717) is 5.92 Å². The van der Waals surface area contributed by atoms with Crippen molar-refractivity contribution in [2.45, 2.75) is 86.9 Å². The summed E-state index contributed by atoms with van der Waals surface area (Å²) in [5, 5.41) is 20.3. The Balaban J connectivity index is 1.91. The van der Waals surface area contributed by atoms with Crippen molar-refractivity contribution in [3.05, 3.63) is 71.4 Å². The van der Waals surface area contributed by atoms with Crippen LogP contribution in [0.25, 0.3) is 0 Å². The Bertz CT molecular complexity index is 1120. The predicted octanol–water partition coefficient (Wildman–Crippen LogP) is 6.23. The van der Waals surface area contributed by atoms with Crippen molar-refractivity contribution in [3.8, 4) is 0 Å². The smallest absolute Gasteiger partial charge is 0.177 e. The summed E-state index contributed by atoms with van der Waals surface area (Å²) in [6.07, 6.45) is 18.8. The zero-order chi connectivity index (χ0) is 27.3. The number of Topliss-reactive ketones (excluding diaryl/α,β-unsaturated/α-hetero) is 2. The Hall–Kier alpha value is -2.30. The van der Waals surface area contributed by atoms with Crippen LogP contribution < -0.4 is 0 Å². The van der Waals surface area contributed by atoms with Crippen molar-refractivity contribution >= 4 is 11.6 Å². The minimum Gasteiger partial charge on any atom is -0.386 e. The van der Waals surface area contributed by atoms with E-state index >= 15 is 0 Å². The third-order valence-corrected chi connectivity index (χ3v) is 8.35. The quantitative estimate of drug-likeness (QED) is 0.442. The molecule has 3 aliphatic carbocycles. The van der Waals surface area contributed by atoms with E-state index in [1.807, 2.05) is 50.3 Å². The fourth-order valence-corrected chi connectivity index (χ4v) is 6.48. The third kappa shape index (κ3) is 5.21.